The lowest BCUT2D eigenvalue weighted by molar-refractivity contribution is 0.204. The van der Waals surface area contributed by atoms with Crippen LogP contribution in [-0.4, -0.2) is 19.4 Å². The lowest BCUT2D eigenvalue weighted by Crippen LogP contribution is -2.02. The quantitative estimate of drug-likeness (QED) is 0.325. The number of hydrogen-bond acceptors (Lipinski definition) is 3. The van der Waals surface area contributed by atoms with E-state index in [1.807, 2.05) is 19.9 Å². The van der Waals surface area contributed by atoms with Crippen molar-refractivity contribution in [1.29, 1.82) is 0 Å². The highest BCUT2D eigenvalue weighted by Crippen LogP contribution is 2.49. The summed E-state index contributed by atoms with van der Waals surface area (Å²) in [6.07, 6.45) is 5.72. The summed E-state index contributed by atoms with van der Waals surface area (Å²) in [6, 6.07) is 0. The van der Waals surface area contributed by atoms with Crippen LogP contribution in [0.3, 0.4) is 0 Å². The highest BCUT2D eigenvalue weighted by Gasteiger charge is 2.22. The van der Waals surface area contributed by atoms with Crippen LogP contribution in [-0.2, 0) is 13.6 Å². The maximum atomic E-state index is 12.1. The van der Waals surface area contributed by atoms with E-state index >= 15 is 0 Å². The van der Waals surface area contributed by atoms with E-state index in [1.165, 1.54) is 0 Å². The second-order valence-electron chi connectivity index (χ2n) is 3.43. The van der Waals surface area contributed by atoms with Crippen LogP contribution in [0.1, 0.15) is 39.5 Å². The molecule has 3 nitrogen and oxygen atoms in total. The van der Waals surface area contributed by atoms with Crippen molar-refractivity contribution in [2.75, 3.05) is 19.4 Å². The molecule has 15 heavy (non-hydrogen) atoms. The number of rotatable bonds is 10. The largest absolute Gasteiger partial charge is 0.330 e. The third-order valence-corrected chi connectivity index (χ3v) is 3.84. The van der Waals surface area contributed by atoms with Gasteiger partial charge in [0.25, 0.3) is 0 Å². The van der Waals surface area contributed by atoms with Gasteiger partial charge in [-0.15, -0.1) is 6.58 Å². The van der Waals surface area contributed by atoms with Crippen LogP contribution in [0.2, 0.25) is 0 Å². The van der Waals surface area contributed by atoms with Crippen molar-refractivity contribution in [3.8, 4) is 0 Å². The molecule has 0 aromatic rings. The lowest BCUT2D eigenvalue weighted by atomic mass is 10.3. The predicted molar refractivity (Wildman–Crippen MR) is 64.4 cm³/mol. The molecule has 0 rings (SSSR count). The summed E-state index contributed by atoms with van der Waals surface area (Å²) in [4.78, 5) is 0. The molecule has 0 saturated carbocycles. The maximum absolute atomic E-state index is 12.1. The highest BCUT2D eigenvalue weighted by molar-refractivity contribution is 7.53. The zero-order valence-electron chi connectivity index (χ0n) is 9.91. The van der Waals surface area contributed by atoms with Crippen molar-refractivity contribution in [3.63, 3.8) is 0 Å². The predicted octanol–water partition coefficient (Wildman–Crippen LogP) is 4.00. The summed E-state index contributed by atoms with van der Waals surface area (Å²) in [5, 5.41) is 0. The average Bonchev–Trinajstić information content (AvgIpc) is 2.24. The van der Waals surface area contributed by atoms with Gasteiger partial charge < -0.3 is 9.05 Å². The zero-order valence-corrected chi connectivity index (χ0v) is 10.8. The van der Waals surface area contributed by atoms with E-state index < -0.39 is 7.60 Å². The Labute approximate surface area is 93.4 Å². The standard InChI is InChI=1S/C11H23O3P/c1-4-7-8-11-15(12,13-9-5-2)14-10-6-3/h4H,1,5-11H2,2-3H3. The first-order valence-electron chi connectivity index (χ1n) is 5.67. The molecule has 0 aromatic heterocycles. The van der Waals surface area contributed by atoms with Gasteiger partial charge >= 0.3 is 7.60 Å². The number of allylic oxidation sites excluding steroid dienone is 1. The van der Waals surface area contributed by atoms with Crippen LogP contribution >= 0.6 is 7.60 Å². The van der Waals surface area contributed by atoms with Crippen LogP contribution in [0.5, 0.6) is 0 Å². The van der Waals surface area contributed by atoms with Gasteiger partial charge in [0.15, 0.2) is 0 Å². The molecule has 4 heteroatoms. The van der Waals surface area contributed by atoms with Gasteiger partial charge in [0.1, 0.15) is 0 Å². The second kappa shape index (κ2) is 9.14. The molecule has 0 fully saturated rings. The van der Waals surface area contributed by atoms with Gasteiger partial charge in [-0.05, 0) is 25.7 Å². The van der Waals surface area contributed by atoms with Crippen LogP contribution in [0.4, 0.5) is 0 Å². The molecule has 90 valence electrons. The summed E-state index contributed by atoms with van der Waals surface area (Å²) in [7, 11) is -2.83. The van der Waals surface area contributed by atoms with Crippen molar-refractivity contribution in [2.45, 2.75) is 39.5 Å². The Balaban J connectivity index is 4.01. The molecular formula is C11H23O3P. The van der Waals surface area contributed by atoms with Crippen molar-refractivity contribution in [2.24, 2.45) is 0 Å². The van der Waals surface area contributed by atoms with Gasteiger partial charge in [0.2, 0.25) is 0 Å². The Morgan fingerprint density at radius 3 is 2.13 bits per heavy atom. The van der Waals surface area contributed by atoms with Gasteiger partial charge in [0, 0.05) is 0 Å². The fraction of sp³-hybridized carbons (Fsp3) is 0.818. The Hall–Kier alpha value is -0.110. The first-order chi connectivity index (χ1) is 7.18. The van der Waals surface area contributed by atoms with Gasteiger partial charge in [0.05, 0.1) is 19.4 Å². The van der Waals surface area contributed by atoms with Crippen molar-refractivity contribution in [3.05, 3.63) is 12.7 Å². The van der Waals surface area contributed by atoms with Crippen LogP contribution in [0.25, 0.3) is 0 Å². The van der Waals surface area contributed by atoms with E-state index in [9.17, 15) is 4.57 Å². The lowest BCUT2D eigenvalue weighted by Gasteiger charge is -2.17. The summed E-state index contributed by atoms with van der Waals surface area (Å²) >= 11 is 0. The summed E-state index contributed by atoms with van der Waals surface area (Å²) in [6.45, 7) is 8.64. The molecule has 0 aliphatic carbocycles. The summed E-state index contributed by atoms with van der Waals surface area (Å²) < 4.78 is 22.8. The van der Waals surface area contributed by atoms with Crippen LogP contribution in [0, 0.1) is 0 Å². The third-order valence-electron chi connectivity index (χ3n) is 1.82. The van der Waals surface area contributed by atoms with Gasteiger partial charge in [-0.2, -0.15) is 0 Å². The molecule has 0 N–H and O–H groups in total. The molecule has 0 aromatic carbocycles. The van der Waals surface area contributed by atoms with E-state index in [4.69, 9.17) is 9.05 Å². The zero-order chi connectivity index (χ0) is 11.6. The van der Waals surface area contributed by atoms with Crippen LogP contribution in [0.15, 0.2) is 12.7 Å². The number of hydrogen-bond donors (Lipinski definition) is 0. The van der Waals surface area contributed by atoms with Gasteiger partial charge in [-0.1, -0.05) is 19.9 Å². The fourth-order valence-electron chi connectivity index (χ4n) is 1.06. The minimum absolute atomic E-state index is 0.499. The van der Waals surface area contributed by atoms with Gasteiger partial charge in [-0.25, -0.2) is 0 Å². The minimum atomic E-state index is -2.83. The normalized spacial score (nSPS) is 11.6. The fourth-order valence-corrected chi connectivity index (χ4v) is 2.88. The topological polar surface area (TPSA) is 35.5 Å². The smallest absolute Gasteiger partial charge is 0.309 e. The van der Waals surface area contributed by atoms with E-state index in [0.717, 1.165) is 25.7 Å². The van der Waals surface area contributed by atoms with Crippen molar-refractivity contribution >= 4 is 7.60 Å². The molecule has 0 radical (unpaired) electrons. The van der Waals surface area contributed by atoms with Crippen LogP contribution < -0.4 is 0 Å². The molecule has 0 atom stereocenters. The monoisotopic (exact) mass is 234 g/mol. The SMILES string of the molecule is C=CCCCP(=O)(OCCC)OCCC. The molecule has 0 unspecified atom stereocenters. The van der Waals surface area contributed by atoms with Gasteiger partial charge in [-0.3, -0.25) is 4.57 Å². The summed E-state index contributed by atoms with van der Waals surface area (Å²) in [5.74, 6) is 0. The molecule has 0 aliphatic rings. The number of unbranched alkanes of at least 4 members (excludes halogenated alkanes) is 1. The van der Waals surface area contributed by atoms with Crippen molar-refractivity contribution in [1.82, 2.24) is 0 Å². The Morgan fingerprint density at radius 1 is 1.20 bits per heavy atom. The molecule has 0 spiro atoms. The third kappa shape index (κ3) is 7.78. The molecular weight excluding hydrogens is 211 g/mol. The molecule has 0 bridgehead atoms. The Morgan fingerprint density at radius 2 is 1.73 bits per heavy atom. The Kier molecular flexibility index (Phi) is 9.07. The second-order valence-corrected chi connectivity index (χ2v) is 5.62. The Bertz CT molecular complexity index is 192. The first-order valence-corrected chi connectivity index (χ1v) is 7.40. The molecule has 0 saturated heterocycles. The van der Waals surface area contributed by atoms with E-state index in [1.54, 1.807) is 0 Å². The summed E-state index contributed by atoms with van der Waals surface area (Å²) in [5.41, 5.74) is 0. The maximum Gasteiger partial charge on any atom is 0.330 e. The first kappa shape index (κ1) is 14.9. The molecule has 0 heterocycles. The van der Waals surface area contributed by atoms with Crippen molar-refractivity contribution < 1.29 is 13.6 Å². The molecule has 0 amide bonds. The van der Waals surface area contributed by atoms with E-state index in [2.05, 4.69) is 6.58 Å². The van der Waals surface area contributed by atoms with E-state index in [-0.39, 0.29) is 0 Å². The highest BCUT2D eigenvalue weighted by atomic mass is 31.2. The van der Waals surface area contributed by atoms with E-state index in [0.29, 0.717) is 19.4 Å². The average molecular weight is 234 g/mol. The minimum Gasteiger partial charge on any atom is -0.309 e. The molecule has 0 aliphatic heterocycles.